The molecule has 8 nitrogen and oxygen atoms in total. The molecular weight excluding hydrogens is 327 g/mol. The fourth-order valence-corrected chi connectivity index (χ4v) is 3.60. The fourth-order valence-electron chi connectivity index (χ4n) is 3.60. The predicted molar refractivity (Wildman–Crippen MR) is 90.9 cm³/mol. The van der Waals surface area contributed by atoms with Crippen molar-refractivity contribution in [2.75, 3.05) is 26.2 Å². The van der Waals surface area contributed by atoms with Crippen LogP contribution in [0.1, 0.15) is 34.7 Å². The van der Waals surface area contributed by atoms with Gasteiger partial charge in [0.1, 0.15) is 23.2 Å². The van der Waals surface area contributed by atoms with Gasteiger partial charge in [0, 0.05) is 32.0 Å². The number of aromatic carboxylic acids is 1. The van der Waals surface area contributed by atoms with Gasteiger partial charge in [0.15, 0.2) is 0 Å². The van der Waals surface area contributed by atoms with Crippen molar-refractivity contribution in [2.45, 2.75) is 30.7 Å². The van der Waals surface area contributed by atoms with E-state index >= 15 is 0 Å². The van der Waals surface area contributed by atoms with Gasteiger partial charge >= 0.3 is 13.1 Å². The zero-order valence-corrected chi connectivity index (χ0v) is 13.8. The Morgan fingerprint density at radius 3 is 2.56 bits per heavy atom. The molecule has 9 heteroatoms. The highest BCUT2D eigenvalue weighted by atomic mass is 16.5. The van der Waals surface area contributed by atoms with Crippen molar-refractivity contribution < 1.29 is 29.8 Å². The zero-order valence-electron chi connectivity index (χ0n) is 13.8. The van der Waals surface area contributed by atoms with Crippen molar-refractivity contribution in [1.29, 1.82) is 0 Å². The first kappa shape index (κ1) is 18.0. The molecule has 1 saturated heterocycles. The Bertz CT molecular complexity index is 650. The van der Waals surface area contributed by atoms with Crippen molar-refractivity contribution in [3.05, 3.63) is 23.3 Å². The molecule has 0 amide bonds. The summed E-state index contributed by atoms with van der Waals surface area (Å²) < 4.78 is 5.74. The number of hydrogen-bond acceptors (Lipinski definition) is 7. The first-order chi connectivity index (χ1) is 11.9. The summed E-state index contributed by atoms with van der Waals surface area (Å²) in [5.74, 6) is -2.15. The maximum absolute atomic E-state index is 11.6. The molecule has 3 rings (SSSR count). The van der Waals surface area contributed by atoms with E-state index < -0.39 is 18.9 Å². The van der Waals surface area contributed by atoms with Gasteiger partial charge in [-0.3, -0.25) is 4.90 Å². The molecule has 0 unspecified atom stereocenters. The second-order valence-corrected chi connectivity index (χ2v) is 6.73. The first-order valence-electron chi connectivity index (χ1n) is 8.46. The van der Waals surface area contributed by atoms with Crippen LogP contribution < -0.4 is 10.5 Å². The molecule has 0 spiro atoms. The molecule has 0 bridgehead atoms. The summed E-state index contributed by atoms with van der Waals surface area (Å²) >= 11 is 0. The summed E-state index contributed by atoms with van der Waals surface area (Å²) in [6, 6.07) is 3.16. The average Bonchev–Trinajstić information content (AvgIpc) is 2.45. The van der Waals surface area contributed by atoms with E-state index in [1.807, 2.05) is 0 Å². The third-order valence-corrected chi connectivity index (χ3v) is 5.16. The lowest BCUT2D eigenvalue weighted by Gasteiger charge is -2.39. The molecule has 136 valence electrons. The van der Waals surface area contributed by atoms with Gasteiger partial charge in [0.25, 0.3) is 0 Å². The summed E-state index contributed by atoms with van der Waals surface area (Å²) in [6.07, 6.45) is 1.17. The van der Waals surface area contributed by atoms with Crippen LogP contribution in [0.4, 0.5) is 0 Å². The third kappa shape index (κ3) is 3.45. The topological polar surface area (TPSA) is 136 Å². The molecule has 2 fully saturated rings. The van der Waals surface area contributed by atoms with Crippen LogP contribution in [0.15, 0.2) is 12.1 Å². The van der Waals surface area contributed by atoms with Crippen LogP contribution in [-0.2, 0) is 0 Å². The van der Waals surface area contributed by atoms with Crippen molar-refractivity contribution in [1.82, 2.24) is 4.90 Å². The predicted octanol–water partition coefficient (Wildman–Crippen LogP) is -0.168. The summed E-state index contributed by atoms with van der Waals surface area (Å²) in [6.45, 7) is 2.66. The van der Waals surface area contributed by atoms with Gasteiger partial charge in [0.05, 0.1) is 0 Å². The van der Waals surface area contributed by atoms with Crippen LogP contribution in [-0.4, -0.2) is 70.5 Å². The number of ether oxygens (including phenoxy) is 1. The number of aromatic hydroxyl groups is 1. The number of carboxylic acids is 1. The Kier molecular flexibility index (Phi) is 5.19. The number of nitrogens with zero attached hydrogens (tertiary/aromatic N) is 1. The van der Waals surface area contributed by atoms with E-state index in [4.69, 9.17) is 10.5 Å². The van der Waals surface area contributed by atoms with Crippen LogP contribution in [0.3, 0.4) is 0 Å². The van der Waals surface area contributed by atoms with Crippen molar-refractivity contribution >= 4 is 13.1 Å². The smallest absolute Gasteiger partial charge is 0.455 e. The van der Waals surface area contributed by atoms with Crippen molar-refractivity contribution in [3.63, 3.8) is 0 Å². The lowest BCUT2D eigenvalue weighted by atomic mass is 9.53. The Labute approximate surface area is 146 Å². The molecule has 1 aliphatic heterocycles. The number of benzene rings is 1. The molecule has 6 N–H and O–H groups in total. The van der Waals surface area contributed by atoms with Crippen LogP contribution in [0.2, 0.25) is 5.82 Å². The normalized spacial score (nSPS) is 23.6. The van der Waals surface area contributed by atoms with Crippen LogP contribution in [0.5, 0.6) is 11.5 Å². The Morgan fingerprint density at radius 2 is 2.04 bits per heavy atom. The van der Waals surface area contributed by atoms with E-state index in [-0.39, 0.29) is 29.1 Å². The lowest BCUT2D eigenvalue weighted by Crippen LogP contribution is -2.55. The summed E-state index contributed by atoms with van der Waals surface area (Å²) in [5, 5.41) is 38.7. The third-order valence-electron chi connectivity index (χ3n) is 5.16. The van der Waals surface area contributed by atoms with Gasteiger partial charge in [-0.25, -0.2) is 4.79 Å². The highest BCUT2D eigenvalue weighted by Crippen LogP contribution is 2.51. The van der Waals surface area contributed by atoms with E-state index in [2.05, 4.69) is 4.90 Å². The Hall–Kier alpha value is -1.81. The molecule has 0 aromatic heterocycles. The Balaban J connectivity index is 1.79. The zero-order chi connectivity index (χ0) is 18.1. The molecule has 2 aliphatic rings. The number of hydrogen-bond donors (Lipinski definition) is 5. The second-order valence-electron chi connectivity index (χ2n) is 6.73. The van der Waals surface area contributed by atoms with Gasteiger partial charge in [-0.2, -0.15) is 0 Å². The SMILES string of the molecule is NCCN1CC(Oc2ccc([C@H]3CC[C@H]3B(O)O)c(O)c2C(=O)O)C1. The second kappa shape index (κ2) is 7.21. The number of carbonyl (C=O) groups is 1. The molecule has 1 saturated carbocycles. The molecule has 25 heavy (non-hydrogen) atoms. The fraction of sp³-hybridized carbons (Fsp3) is 0.562. The standard InChI is InChI=1S/C16H23BN2O6/c18-5-6-19-7-9(8-19)25-13-4-2-11(15(20)14(13)16(21)22)10-1-3-12(10)17(23)24/h2,4,9-10,12,20,23-24H,1,3,5-8,18H2,(H,21,22)/t10-,12-/m1/s1. The van der Waals surface area contributed by atoms with E-state index in [1.54, 1.807) is 12.1 Å². The van der Waals surface area contributed by atoms with Gasteiger partial charge in [-0.05, 0) is 24.0 Å². The molecule has 2 atom stereocenters. The van der Waals surface area contributed by atoms with Crippen molar-refractivity contribution in [2.24, 2.45) is 5.73 Å². The molecule has 1 heterocycles. The maximum atomic E-state index is 11.6. The molecule has 0 radical (unpaired) electrons. The van der Waals surface area contributed by atoms with E-state index in [0.717, 1.165) is 6.54 Å². The summed E-state index contributed by atoms with van der Waals surface area (Å²) in [4.78, 5) is 13.7. The minimum atomic E-state index is -1.48. The Morgan fingerprint density at radius 1 is 1.32 bits per heavy atom. The number of carboxylic acid groups (broad SMARTS) is 1. The highest BCUT2D eigenvalue weighted by molar-refractivity contribution is 6.43. The van der Waals surface area contributed by atoms with Gasteiger partial charge < -0.3 is 30.7 Å². The number of likely N-dealkylation sites (tertiary alicyclic amines) is 1. The van der Waals surface area contributed by atoms with E-state index in [1.165, 1.54) is 0 Å². The highest BCUT2D eigenvalue weighted by Gasteiger charge is 2.42. The van der Waals surface area contributed by atoms with Gasteiger partial charge in [-0.15, -0.1) is 0 Å². The first-order valence-corrected chi connectivity index (χ1v) is 8.46. The molecular formula is C16H23BN2O6. The van der Waals surface area contributed by atoms with Crippen molar-refractivity contribution in [3.8, 4) is 11.5 Å². The van der Waals surface area contributed by atoms with Gasteiger partial charge in [-0.1, -0.05) is 12.5 Å². The van der Waals surface area contributed by atoms with Crippen LogP contribution in [0, 0.1) is 0 Å². The summed E-state index contributed by atoms with van der Waals surface area (Å²) in [5.41, 5.74) is 5.64. The van der Waals surface area contributed by atoms with Crippen LogP contribution in [0.25, 0.3) is 0 Å². The monoisotopic (exact) mass is 350 g/mol. The average molecular weight is 350 g/mol. The minimum Gasteiger partial charge on any atom is -0.507 e. The number of phenols is 1. The number of rotatable bonds is 7. The van der Waals surface area contributed by atoms with E-state index in [9.17, 15) is 25.1 Å². The lowest BCUT2D eigenvalue weighted by molar-refractivity contribution is 0.0210. The largest absolute Gasteiger partial charge is 0.507 e. The molecule has 1 aliphatic carbocycles. The van der Waals surface area contributed by atoms with Crippen LogP contribution >= 0.6 is 0 Å². The van der Waals surface area contributed by atoms with E-state index in [0.29, 0.717) is 38.0 Å². The summed E-state index contributed by atoms with van der Waals surface area (Å²) in [7, 11) is -1.48. The molecule has 1 aromatic rings. The van der Waals surface area contributed by atoms with Gasteiger partial charge in [0.2, 0.25) is 0 Å². The number of nitrogens with two attached hydrogens (primary N) is 1. The minimum absolute atomic E-state index is 0.131. The maximum Gasteiger partial charge on any atom is 0.455 e. The quantitative estimate of drug-likeness (QED) is 0.428. The molecule has 1 aromatic carbocycles.